The Morgan fingerprint density at radius 3 is 2.78 bits per heavy atom. The van der Waals surface area contributed by atoms with Crippen LogP contribution in [0.25, 0.3) is 10.6 Å². The van der Waals surface area contributed by atoms with Gasteiger partial charge in [0.25, 0.3) is 11.5 Å². The molecule has 0 atom stereocenters. The summed E-state index contributed by atoms with van der Waals surface area (Å²) in [4.78, 5) is 28.3. The molecule has 1 amide bonds. The summed E-state index contributed by atoms with van der Waals surface area (Å²) >= 11 is 1.52. The number of hydrogen-bond donors (Lipinski definition) is 2. The van der Waals surface area contributed by atoms with E-state index in [-0.39, 0.29) is 5.56 Å². The van der Waals surface area contributed by atoms with Crippen molar-refractivity contribution in [2.45, 2.75) is 6.54 Å². The molecule has 0 aliphatic carbocycles. The Bertz CT molecular complexity index is 951. The zero-order valence-corrected chi connectivity index (χ0v) is 15.7. The van der Waals surface area contributed by atoms with Crippen LogP contribution in [0.15, 0.2) is 58.7 Å². The van der Waals surface area contributed by atoms with Crippen LogP contribution >= 0.6 is 11.3 Å². The van der Waals surface area contributed by atoms with E-state index in [1.807, 2.05) is 41.8 Å². The Balaban J connectivity index is 1.62. The van der Waals surface area contributed by atoms with Crippen molar-refractivity contribution in [2.75, 3.05) is 20.3 Å². The van der Waals surface area contributed by atoms with Crippen LogP contribution in [0, 0.1) is 0 Å². The molecule has 0 radical (unpaired) electrons. The second-order valence-corrected chi connectivity index (χ2v) is 6.71. The molecule has 6 nitrogen and oxygen atoms in total. The third-order valence-corrected chi connectivity index (χ3v) is 4.75. The first-order chi connectivity index (χ1) is 13.2. The summed E-state index contributed by atoms with van der Waals surface area (Å²) in [7, 11) is 1.62. The lowest BCUT2D eigenvalue weighted by Crippen LogP contribution is -2.29. The Kier molecular flexibility index (Phi) is 6.40. The number of nitrogens with one attached hydrogen (secondary N) is 2. The van der Waals surface area contributed by atoms with Crippen molar-refractivity contribution in [3.05, 3.63) is 75.4 Å². The highest BCUT2D eigenvalue weighted by Crippen LogP contribution is 2.21. The average molecular weight is 384 g/mol. The molecule has 140 valence electrons. The monoisotopic (exact) mass is 384 g/mol. The van der Waals surface area contributed by atoms with E-state index in [1.165, 1.54) is 11.3 Å². The fourth-order valence-corrected chi connectivity index (χ4v) is 3.20. The van der Waals surface area contributed by atoms with Crippen molar-refractivity contribution in [1.29, 1.82) is 0 Å². The molecule has 0 aliphatic rings. The molecule has 2 N–H and O–H groups in total. The van der Waals surface area contributed by atoms with Gasteiger partial charge in [0.15, 0.2) is 0 Å². The SMILES string of the molecule is COCCOc1cccc(CNC(=O)c2ccc(-c3cccs3)[nH]c2=O)c1. The third kappa shape index (κ3) is 5.06. The van der Waals surface area contributed by atoms with Gasteiger partial charge < -0.3 is 19.8 Å². The minimum atomic E-state index is -0.417. The van der Waals surface area contributed by atoms with Crippen molar-refractivity contribution in [3.8, 4) is 16.3 Å². The minimum absolute atomic E-state index is 0.0859. The van der Waals surface area contributed by atoms with Gasteiger partial charge in [-0.15, -0.1) is 11.3 Å². The van der Waals surface area contributed by atoms with Gasteiger partial charge in [-0.3, -0.25) is 9.59 Å². The number of thiophene rings is 1. The Morgan fingerprint density at radius 1 is 1.15 bits per heavy atom. The predicted molar refractivity (Wildman–Crippen MR) is 105 cm³/mol. The van der Waals surface area contributed by atoms with Crippen molar-refractivity contribution < 1.29 is 14.3 Å². The second-order valence-electron chi connectivity index (χ2n) is 5.76. The molecule has 0 saturated carbocycles. The van der Waals surface area contributed by atoms with Gasteiger partial charge in [0.2, 0.25) is 0 Å². The maximum absolute atomic E-state index is 12.4. The lowest BCUT2D eigenvalue weighted by molar-refractivity contribution is 0.0949. The quantitative estimate of drug-likeness (QED) is 0.585. The number of carbonyl (C=O) groups is 1. The molecule has 0 fully saturated rings. The number of amides is 1. The van der Waals surface area contributed by atoms with Gasteiger partial charge in [-0.1, -0.05) is 18.2 Å². The van der Waals surface area contributed by atoms with Crippen molar-refractivity contribution in [1.82, 2.24) is 10.3 Å². The molecule has 0 unspecified atom stereocenters. The summed E-state index contributed by atoms with van der Waals surface area (Å²) < 4.78 is 10.5. The summed E-state index contributed by atoms with van der Waals surface area (Å²) in [5, 5.41) is 4.70. The summed E-state index contributed by atoms with van der Waals surface area (Å²) in [6, 6.07) is 14.5. The van der Waals surface area contributed by atoms with Gasteiger partial charge in [0, 0.05) is 13.7 Å². The molecule has 7 heteroatoms. The topological polar surface area (TPSA) is 80.4 Å². The molecule has 0 saturated heterocycles. The Hall–Kier alpha value is -2.90. The number of H-pyrrole nitrogens is 1. The minimum Gasteiger partial charge on any atom is -0.491 e. The smallest absolute Gasteiger partial charge is 0.261 e. The van der Waals surface area contributed by atoms with Crippen molar-refractivity contribution >= 4 is 17.2 Å². The van der Waals surface area contributed by atoms with Crippen LogP contribution in [0.2, 0.25) is 0 Å². The molecule has 2 heterocycles. The van der Waals surface area contributed by atoms with Crippen LogP contribution in [0.5, 0.6) is 5.75 Å². The van der Waals surface area contributed by atoms with E-state index < -0.39 is 11.5 Å². The molecular weight excluding hydrogens is 364 g/mol. The van der Waals surface area contributed by atoms with Crippen LogP contribution < -0.4 is 15.6 Å². The molecule has 3 rings (SSSR count). The van der Waals surface area contributed by atoms with Crippen LogP contribution in [0.4, 0.5) is 0 Å². The van der Waals surface area contributed by atoms with Crippen LogP contribution in [0.1, 0.15) is 15.9 Å². The average Bonchev–Trinajstić information content (AvgIpc) is 3.21. The lowest BCUT2D eigenvalue weighted by Gasteiger charge is -2.09. The number of pyridine rings is 1. The first-order valence-corrected chi connectivity index (χ1v) is 9.31. The van der Waals surface area contributed by atoms with E-state index in [9.17, 15) is 9.59 Å². The van der Waals surface area contributed by atoms with Gasteiger partial charge in [-0.2, -0.15) is 0 Å². The van der Waals surface area contributed by atoms with Crippen LogP contribution in [0.3, 0.4) is 0 Å². The number of benzene rings is 1. The highest BCUT2D eigenvalue weighted by atomic mass is 32.1. The predicted octanol–water partition coefficient (Wildman–Crippen LogP) is 3.06. The molecule has 2 aromatic heterocycles. The first kappa shape index (κ1) is 18.9. The summed E-state index contributed by atoms with van der Waals surface area (Å²) in [6.45, 7) is 1.26. The molecule has 0 aliphatic heterocycles. The maximum Gasteiger partial charge on any atom is 0.261 e. The van der Waals surface area contributed by atoms with E-state index in [0.29, 0.717) is 31.2 Å². The van der Waals surface area contributed by atoms with Crippen LogP contribution in [-0.4, -0.2) is 31.2 Å². The standard InChI is InChI=1S/C20H20N2O4S/c1-25-9-10-26-15-5-2-4-14(12-15)13-21-19(23)16-7-8-17(22-20(16)24)18-6-3-11-27-18/h2-8,11-12H,9-10,13H2,1H3,(H,21,23)(H,22,24). The van der Waals surface area contributed by atoms with Gasteiger partial charge in [-0.05, 0) is 41.3 Å². The highest BCUT2D eigenvalue weighted by molar-refractivity contribution is 7.13. The zero-order chi connectivity index (χ0) is 19.1. The number of methoxy groups -OCH3 is 1. The van der Waals surface area contributed by atoms with E-state index in [0.717, 1.165) is 10.4 Å². The molecule has 0 spiro atoms. The number of aromatic amines is 1. The summed E-state index contributed by atoms with van der Waals surface area (Å²) in [5.41, 5.74) is 1.26. The molecule has 3 aromatic rings. The second kappa shape index (κ2) is 9.16. The van der Waals surface area contributed by atoms with Gasteiger partial charge in [-0.25, -0.2) is 0 Å². The number of ether oxygens (including phenoxy) is 2. The maximum atomic E-state index is 12.4. The molecule has 1 aromatic carbocycles. The van der Waals surface area contributed by atoms with Crippen molar-refractivity contribution in [3.63, 3.8) is 0 Å². The molecular formula is C20H20N2O4S. The van der Waals surface area contributed by atoms with E-state index >= 15 is 0 Å². The van der Waals surface area contributed by atoms with Crippen LogP contribution in [-0.2, 0) is 11.3 Å². The van der Waals surface area contributed by atoms with E-state index in [4.69, 9.17) is 9.47 Å². The largest absolute Gasteiger partial charge is 0.491 e. The number of hydrogen-bond acceptors (Lipinski definition) is 5. The number of rotatable bonds is 8. The van der Waals surface area contributed by atoms with Gasteiger partial charge >= 0.3 is 0 Å². The van der Waals surface area contributed by atoms with E-state index in [2.05, 4.69) is 10.3 Å². The van der Waals surface area contributed by atoms with E-state index in [1.54, 1.807) is 19.2 Å². The fourth-order valence-electron chi connectivity index (χ4n) is 2.49. The van der Waals surface area contributed by atoms with Crippen molar-refractivity contribution in [2.24, 2.45) is 0 Å². The van der Waals surface area contributed by atoms with Gasteiger partial charge in [0.05, 0.1) is 17.2 Å². The fraction of sp³-hybridized carbons (Fsp3) is 0.200. The normalized spacial score (nSPS) is 10.6. The summed E-state index contributed by atoms with van der Waals surface area (Å²) in [5.74, 6) is 0.289. The third-order valence-electron chi connectivity index (χ3n) is 3.85. The summed E-state index contributed by atoms with van der Waals surface area (Å²) in [6.07, 6.45) is 0. The zero-order valence-electron chi connectivity index (χ0n) is 14.9. The first-order valence-electron chi connectivity index (χ1n) is 8.43. The lowest BCUT2D eigenvalue weighted by atomic mass is 10.2. The Morgan fingerprint density at radius 2 is 2.04 bits per heavy atom. The molecule has 0 bridgehead atoms. The van der Waals surface area contributed by atoms with Gasteiger partial charge in [0.1, 0.15) is 17.9 Å². The highest BCUT2D eigenvalue weighted by Gasteiger charge is 2.11. The number of aromatic nitrogens is 1. The Labute approximate surface area is 160 Å². The molecule has 27 heavy (non-hydrogen) atoms. The number of carbonyl (C=O) groups excluding carboxylic acids is 1.